The zero-order valence-electron chi connectivity index (χ0n) is 13.3. The Balaban J connectivity index is 1.58. The van der Waals surface area contributed by atoms with Crippen LogP contribution in [0.3, 0.4) is 0 Å². The first-order valence-electron chi connectivity index (χ1n) is 7.67. The van der Waals surface area contributed by atoms with Gasteiger partial charge in [0.1, 0.15) is 11.6 Å². The molecule has 1 amide bonds. The molecule has 0 saturated heterocycles. The monoisotopic (exact) mass is 348 g/mol. The summed E-state index contributed by atoms with van der Waals surface area (Å²) >= 11 is 0. The van der Waals surface area contributed by atoms with Gasteiger partial charge in [0.15, 0.2) is 11.5 Å². The van der Waals surface area contributed by atoms with E-state index in [4.69, 9.17) is 9.47 Å². The summed E-state index contributed by atoms with van der Waals surface area (Å²) in [6.07, 6.45) is 1.47. The van der Waals surface area contributed by atoms with Crippen molar-refractivity contribution in [2.45, 2.75) is 0 Å². The van der Waals surface area contributed by atoms with Crippen molar-refractivity contribution in [3.63, 3.8) is 0 Å². The Bertz CT molecular complexity index is 1150. The van der Waals surface area contributed by atoms with E-state index in [2.05, 4.69) is 15.3 Å². The first kappa shape index (κ1) is 15.5. The molecule has 0 saturated carbocycles. The number of carbonyl (C=O) groups is 1. The first-order chi connectivity index (χ1) is 12.6. The Kier molecular flexibility index (Phi) is 3.67. The number of nitrogens with zero attached hydrogens (tertiary/aromatic N) is 1. The summed E-state index contributed by atoms with van der Waals surface area (Å²) in [4.78, 5) is 28.9. The van der Waals surface area contributed by atoms with Crippen molar-refractivity contribution in [3.05, 3.63) is 58.0 Å². The number of anilines is 1. The van der Waals surface area contributed by atoms with Crippen molar-refractivity contribution in [3.8, 4) is 17.6 Å². The molecule has 3 N–H and O–H groups in total. The van der Waals surface area contributed by atoms with Crippen molar-refractivity contribution in [2.24, 2.45) is 0 Å². The van der Waals surface area contributed by atoms with E-state index in [9.17, 15) is 14.9 Å². The summed E-state index contributed by atoms with van der Waals surface area (Å²) < 4.78 is 10.5. The lowest BCUT2D eigenvalue weighted by Gasteiger charge is -2.05. The molecule has 8 nitrogen and oxygen atoms in total. The molecule has 1 aromatic heterocycles. The third kappa shape index (κ3) is 2.89. The Hall–Kier alpha value is -3.99. The highest BCUT2D eigenvalue weighted by Gasteiger charge is 2.14. The Labute approximate surface area is 146 Å². The van der Waals surface area contributed by atoms with Gasteiger partial charge in [0.25, 0.3) is 5.91 Å². The zero-order valence-corrected chi connectivity index (χ0v) is 13.3. The highest BCUT2D eigenvalue weighted by atomic mass is 16.7. The van der Waals surface area contributed by atoms with Crippen LogP contribution in [0.5, 0.6) is 11.5 Å². The third-order valence-electron chi connectivity index (χ3n) is 3.85. The van der Waals surface area contributed by atoms with Gasteiger partial charge >= 0.3 is 5.69 Å². The fourth-order valence-electron chi connectivity index (χ4n) is 2.63. The maximum absolute atomic E-state index is 12.4. The van der Waals surface area contributed by atoms with E-state index in [0.717, 1.165) is 0 Å². The van der Waals surface area contributed by atoms with Gasteiger partial charge in [-0.15, -0.1) is 0 Å². The number of aromatic amines is 2. The number of aromatic nitrogens is 2. The molecule has 0 spiro atoms. The molecule has 0 fully saturated rings. The molecule has 1 aliphatic heterocycles. The van der Waals surface area contributed by atoms with Gasteiger partial charge in [-0.3, -0.25) is 4.79 Å². The number of benzene rings is 2. The van der Waals surface area contributed by atoms with E-state index in [0.29, 0.717) is 33.8 Å². The molecule has 1 aliphatic rings. The van der Waals surface area contributed by atoms with Gasteiger partial charge in [0.2, 0.25) is 6.79 Å². The molecule has 2 heterocycles. The number of nitriles is 1. The van der Waals surface area contributed by atoms with Gasteiger partial charge < -0.3 is 24.8 Å². The predicted molar refractivity (Wildman–Crippen MR) is 93.7 cm³/mol. The summed E-state index contributed by atoms with van der Waals surface area (Å²) in [5, 5.41) is 12.0. The number of nitrogens with one attached hydrogen (secondary N) is 3. The lowest BCUT2D eigenvalue weighted by molar-refractivity contribution is -0.112. The highest BCUT2D eigenvalue weighted by molar-refractivity contribution is 6.10. The lowest BCUT2D eigenvalue weighted by atomic mass is 10.1. The van der Waals surface area contributed by atoms with Crippen LogP contribution in [-0.2, 0) is 4.79 Å². The number of hydrogen-bond donors (Lipinski definition) is 3. The van der Waals surface area contributed by atoms with E-state index in [1.165, 1.54) is 6.08 Å². The Morgan fingerprint density at radius 3 is 2.77 bits per heavy atom. The summed E-state index contributed by atoms with van der Waals surface area (Å²) in [5.74, 6) is 0.639. The molecule has 4 rings (SSSR count). The molecule has 0 aliphatic carbocycles. The number of carbonyl (C=O) groups excluding carboxylic acids is 1. The van der Waals surface area contributed by atoms with Gasteiger partial charge in [0.05, 0.1) is 11.0 Å². The minimum absolute atomic E-state index is 0.0634. The topological polar surface area (TPSA) is 120 Å². The normalized spacial score (nSPS) is 12.8. The summed E-state index contributed by atoms with van der Waals surface area (Å²) in [6, 6.07) is 12.0. The molecule has 8 heteroatoms. The highest BCUT2D eigenvalue weighted by Crippen LogP contribution is 2.33. The molecule has 0 atom stereocenters. The summed E-state index contributed by atoms with van der Waals surface area (Å²) in [6.45, 7) is 0.151. The van der Waals surface area contributed by atoms with Crippen LogP contribution in [0.15, 0.2) is 46.8 Å². The third-order valence-corrected chi connectivity index (χ3v) is 3.85. The molecular formula is C18H12N4O4. The first-order valence-corrected chi connectivity index (χ1v) is 7.67. The predicted octanol–water partition coefficient (Wildman–Crippen LogP) is 2.13. The maximum Gasteiger partial charge on any atom is 0.323 e. The summed E-state index contributed by atoms with van der Waals surface area (Å²) in [5.41, 5.74) is 1.90. The zero-order chi connectivity index (χ0) is 18.1. The van der Waals surface area contributed by atoms with Crippen LogP contribution in [0, 0.1) is 11.3 Å². The fourth-order valence-corrected chi connectivity index (χ4v) is 2.63. The molecule has 128 valence electrons. The van der Waals surface area contributed by atoms with Crippen LogP contribution in [0.25, 0.3) is 17.1 Å². The quantitative estimate of drug-likeness (QED) is 0.495. The van der Waals surface area contributed by atoms with Crippen LogP contribution in [0.1, 0.15) is 5.56 Å². The van der Waals surface area contributed by atoms with Crippen molar-refractivity contribution in [1.29, 1.82) is 5.26 Å². The number of amides is 1. The number of imidazole rings is 1. The van der Waals surface area contributed by atoms with Crippen LogP contribution in [-0.4, -0.2) is 22.7 Å². The van der Waals surface area contributed by atoms with Crippen LogP contribution < -0.4 is 20.5 Å². The van der Waals surface area contributed by atoms with Gasteiger partial charge in [-0.05, 0) is 42.0 Å². The van der Waals surface area contributed by atoms with E-state index < -0.39 is 5.91 Å². The minimum atomic E-state index is -0.553. The SMILES string of the molecule is N#C/C(=C\c1ccc2c(c1)OCO2)C(=O)Nc1ccc2[nH]c(=O)[nH]c2c1. The van der Waals surface area contributed by atoms with E-state index in [1.54, 1.807) is 36.4 Å². The van der Waals surface area contributed by atoms with Gasteiger partial charge in [-0.25, -0.2) is 4.79 Å². The van der Waals surface area contributed by atoms with E-state index >= 15 is 0 Å². The van der Waals surface area contributed by atoms with Crippen LogP contribution in [0.2, 0.25) is 0 Å². The molecular weight excluding hydrogens is 336 g/mol. The standard InChI is InChI=1S/C18H12N4O4/c19-8-11(5-10-1-4-15-16(6-10)26-9-25-15)17(23)20-12-2-3-13-14(7-12)22-18(24)21-13/h1-7H,9H2,(H,20,23)(H2,21,22,24)/b11-5+. The molecule has 0 bridgehead atoms. The largest absolute Gasteiger partial charge is 0.454 e. The van der Waals surface area contributed by atoms with Crippen LogP contribution >= 0.6 is 0 Å². The van der Waals surface area contributed by atoms with Crippen molar-refractivity contribution in [2.75, 3.05) is 12.1 Å². The van der Waals surface area contributed by atoms with Crippen molar-refractivity contribution in [1.82, 2.24) is 9.97 Å². The van der Waals surface area contributed by atoms with Gasteiger partial charge in [-0.1, -0.05) is 6.07 Å². The van der Waals surface area contributed by atoms with Crippen LogP contribution in [0.4, 0.5) is 5.69 Å². The molecule has 0 unspecified atom stereocenters. The number of rotatable bonds is 3. The van der Waals surface area contributed by atoms with Gasteiger partial charge in [-0.2, -0.15) is 5.26 Å². The minimum Gasteiger partial charge on any atom is -0.454 e. The number of hydrogen-bond acceptors (Lipinski definition) is 5. The molecule has 3 aromatic rings. The fraction of sp³-hybridized carbons (Fsp3) is 0.0556. The second-order valence-electron chi connectivity index (χ2n) is 5.58. The molecule has 2 aromatic carbocycles. The lowest BCUT2D eigenvalue weighted by Crippen LogP contribution is -2.13. The number of fused-ring (bicyclic) bond motifs is 2. The van der Waals surface area contributed by atoms with Crippen molar-refractivity contribution < 1.29 is 14.3 Å². The second-order valence-corrected chi connectivity index (χ2v) is 5.58. The average Bonchev–Trinajstić information content (AvgIpc) is 3.23. The van der Waals surface area contributed by atoms with E-state index in [-0.39, 0.29) is 18.1 Å². The molecule has 0 radical (unpaired) electrons. The summed E-state index contributed by atoms with van der Waals surface area (Å²) in [7, 11) is 0. The maximum atomic E-state index is 12.4. The van der Waals surface area contributed by atoms with Crippen molar-refractivity contribution >= 4 is 28.7 Å². The number of ether oxygens (including phenoxy) is 2. The number of H-pyrrole nitrogens is 2. The van der Waals surface area contributed by atoms with E-state index in [1.807, 2.05) is 6.07 Å². The second kappa shape index (κ2) is 6.14. The average molecular weight is 348 g/mol. The Morgan fingerprint density at radius 2 is 1.92 bits per heavy atom. The molecule has 26 heavy (non-hydrogen) atoms. The smallest absolute Gasteiger partial charge is 0.323 e. The Morgan fingerprint density at radius 1 is 1.12 bits per heavy atom. The van der Waals surface area contributed by atoms with Gasteiger partial charge in [0, 0.05) is 5.69 Å².